The van der Waals surface area contributed by atoms with Crippen LogP contribution in [0.2, 0.25) is 0 Å². The normalized spacial score (nSPS) is 18.6. The maximum absolute atomic E-state index is 13.8. The van der Waals surface area contributed by atoms with E-state index in [9.17, 15) is 18.8 Å². The summed E-state index contributed by atoms with van der Waals surface area (Å²) < 4.78 is 13.3. The molecule has 0 saturated carbocycles. The van der Waals surface area contributed by atoms with Crippen LogP contribution < -0.4 is 0 Å². The number of aryl methyl sites for hydroxylation is 1. The number of aromatic amines is 1. The molecule has 1 N–H and O–H groups in total. The van der Waals surface area contributed by atoms with Gasteiger partial charge in [0.1, 0.15) is 5.82 Å². The van der Waals surface area contributed by atoms with Crippen LogP contribution in [-0.2, 0) is 11.3 Å². The second-order valence-electron chi connectivity index (χ2n) is 9.63. The molecule has 1 aliphatic heterocycles. The standard InChI is InChI=1S/C27H31FN4O3/c1-16-14-32(17(2)13-31(16)15-19-6-9-21(28)10-7-19)26(34)24-18(3)29-23-11-8-20(12-22(23)24)25(33)27(35)30(4)5/h6-12,16-17,29H,13-15H2,1-5H3. The van der Waals surface area contributed by atoms with E-state index in [4.69, 9.17) is 0 Å². The van der Waals surface area contributed by atoms with Gasteiger partial charge in [-0.15, -0.1) is 0 Å². The SMILES string of the molecule is Cc1[nH]c2ccc(C(=O)C(=O)N(C)C)cc2c1C(=O)N1CC(C)N(Cc2ccc(F)cc2)CC1C. The zero-order valence-electron chi connectivity index (χ0n) is 20.8. The Balaban J connectivity index is 1.58. The molecule has 7 nitrogen and oxygen atoms in total. The predicted octanol–water partition coefficient (Wildman–Crippen LogP) is 3.62. The summed E-state index contributed by atoms with van der Waals surface area (Å²) in [5, 5.41) is 0.638. The van der Waals surface area contributed by atoms with Crippen LogP contribution in [0.25, 0.3) is 10.9 Å². The summed E-state index contributed by atoms with van der Waals surface area (Å²) in [6, 6.07) is 11.6. The minimum absolute atomic E-state index is 0.0383. The minimum atomic E-state index is -0.607. The van der Waals surface area contributed by atoms with E-state index in [-0.39, 0.29) is 29.4 Å². The molecule has 8 heteroatoms. The van der Waals surface area contributed by atoms with Gasteiger partial charge in [0.15, 0.2) is 0 Å². The first-order chi connectivity index (χ1) is 16.6. The molecule has 2 unspecified atom stereocenters. The number of piperazine rings is 1. The molecular weight excluding hydrogens is 447 g/mol. The lowest BCUT2D eigenvalue weighted by Crippen LogP contribution is -2.57. The maximum atomic E-state index is 13.8. The molecule has 4 rings (SSSR count). The van der Waals surface area contributed by atoms with Gasteiger partial charge in [-0.25, -0.2) is 4.39 Å². The van der Waals surface area contributed by atoms with Crippen LogP contribution in [0.15, 0.2) is 42.5 Å². The molecule has 2 heterocycles. The average Bonchev–Trinajstić information content (AvgIpc) is 3.15. The molecule has 0 aliphatic carbocycles. The van der Waals surface area contributed by atoms with Gasteiger partial charge in [-0.3, -0.25) is 19.3 Å². The van der Waals surface area contributed by atoms with Crippen molar-refractivity contribution in [3.8, 4) is 0 Å². The molecule has 1 fully saturated rings. The summed E-state index contributed by atoms with van der Waals surface area (Å²) >= 11 is 0. The highest BCUT2D eigenvalue weighted by molar-refractivity contribution is 6.43. The molecule has 2 atom stereocenters. The molecule has 2 aromatic carbocycles. The predicted molar refractivity (Wildman–Crippen MR) is 133 cm³/mol. The molecular formula is C27H31FN4O3. The fraction of sp³-hybridized carbons (Fsp3) is 0.370. The summed E-state index contributed by atoms with van der Waals surface area (Å²) in [6.45, 7) is 7.87. The number of halogens is 1. The Kier molecular flexibility index (Phi) is 6.76. The molecule has 184 valence electrons. The Labute approximate surface area is 204 Å². The van der Waals surface area contributed by atoms with Gasteiger partial charge < -0.3 is 14.8 Å². The molecule has 1 aliphatic rings. The highest BCUT2D eigenvalue weighted by Gasteiger charge is 2.34. The number of likely N-dealkylation sites (N-methyl/N-ethyl adjacent to an activating group) is 1. The second-order valence-corrected chi connectivity index (χ2v) is 9.63. The van der Waals surface area contributed by atoms with Crippen molar-refractivity contribution in [1.29, 1.82) is 0 Å². The highest BCUT2D eigenvalue weighted by atomic mass is 19.1. The van der Waals surface area contributed by atoms with Crippen molar-refractivity contribution in [2.45, 2.75) is 39.4 Å². The van der Waals surface area contributed by atoms with E-state index < -0.39 is 11.7 Å². The van der Waals surface area contributed by atoms with Gasteiger partial charge >= 0.3 is 0 Å². The third-order valence-corrected chi connectivity index (χ3v) is 6.74. The fourth-order valence-corrected chi connectivity index (χ4v) is 4.74. The third kappa shape index (κ3) is 4.84. The number of aromatic nitrogens is 1. The second kappa shape index (κ2) is 9.62. The number of carbonyl (C=O) groups excluding carboxylic acids is 3. The number of Topliss-reactive ketones (excluding diaryl/α,β-unsaturated/α-hetero) is 1. The van der Waals surface area contributed by atoms with Gasteiger partial charge in [0.25, 0.3) is 11.8 Å². The van der Waals surface area contributed by atoms with Crippen molar-refractivity contribution in [2.75, 3.05) is 27.2 Å². The van der Waals surface area contributed by atoms with E-state index in [2.05, 4.69) is 16.8 Å². The Morgan fingerprint density at radius 2 is 1.71 bits per heavy atom. The molecule has 1 aromatic heterocycles. The van der Waals surface area contributed by atoms with Crippen LogP contribution in [0.3, 0.4) is 0 Å². The van der Waals surface area contributed by atoms with Crippen LogP contribution in [0, 0.1) is 12.7 Å². The summed E-state index contributed by atoms with van der Waals surface area (Å²) in [7, 11) is 3.07. The topological polar surface area (TPSA) is 76.7 Å². The minimum Gasteiger partial charge on any atom is -0.358 e. The zero-order chi connectivity index (χ0) is 25.4. The van der Waals surface area contributed by atoms with Gasteiger partial charge in [0.2, 0.25) is 5.78 Å². The summed E-state index contributed by atoms with van der Waals surface area (Å²) in [5.41, 5.74) is 3.28. The number of hydrogen-bond donors (Lipinski definition) is 1. The van der Waals surface area contributed by atoms with E-state index in [1.165, 1.54) is 31.1 Å². The number of amides is 2. The number of benzene rings is 2. The van der Waals surface area contributed by atoms with Crippen LogP contribution in [0.4, 0.5) is 4.39 Å². The lowest BCUT2D eigenvalue weighted by Gasteiger charge is -2.44. The van der Waals surface area contributed by atoms with E-state index in [0.29, 0.717) is 30.6 Å². The Morgan fingerprint density at radius 1 is 1.03 bits per heavy atom. The lowest BCUT2D eigenvalue weighted by molar-refractivity contribution is -0.124. The molecule has 1 saturated heterocycles. The number of hydrogen-bond acceptors (Lipinski definition) is 4. The monoisotopic (exact) mass is 478 g/mol. The summed E-state index contributed by atoms with van der Waals surface area (Å²) in [4.78, 5) is 47.2. The Bertz CT molecular complexity index is 1280. The van der Waals surface area contributed by atoms with Gasteiger partial charge in [-0.2, -0.15) is 0 Å². The molecule has 0 bridgehead atoms. The number of ketones is 1. The number of carbonyl (C=O) groups is 3. The molecule has 3 aromatic rings. The number of nitrogens with one attached hydrogen (secondary N) is 1. The summed E-state index contributed by atoms with van der Waals surface area (Å²) in [6.07, 6.45) is 0. The first-order valence-corrected chi connectivity index (χ1v) is 11.7. The van der Waals surface area contributed by atoms with Gasteiger partial charge in [-0.1, -0.05) is 12.1 Å². The molecule has 0 spiro atoms. The van der Waals surface area contributed by atoms with Gasteiger partial charge in [0.05, 0.1) is 5.56 Å². The van der Waals surface area contributed by atoms with Crippen molar-refractivity contribution >= 4 is 28.5 Å². The lowest BCUT2D eigenvalue weighted by atomic mass is 10.0. The first-order valence-electron chi connectivity index (χ1n) is 11.7. The van der Waals surface area contributed by atoms with Crippen LogP contribution in [0.5, 0.6) is 0 Å². The zero-order valence-corrected chi connectivity index (χ0v) is 20.8. The molecule has 2 amide bonds. The average molecular weight is 479 g/mol. The van der Waals surface area contributed by atoms with Crippen molar-refractivity contribution in [1.82, 2.24) is 19.7 Å². The maximum Gasteiger partial charge on any atom is 0.294 e. The fourth-order valence-electron chi connectivity index (χ4n) is 4.74. The summed E-state index contributed by atoms with van der Waals surface area (Å²) in [5.74, 6) is -1.57. The van der Waals surface area contributed by atoms with Gasteiger partial charge in [0, 0.05) is 68.0 Å². The van der Waals surface area contributed by atoms with Crippen molar-refractivity contribution in [2.24, 2.45) is 0 Å². The number of nitrogens with zero attached hydrogens (tertiary/aromatic N) is 3. The van der Waals surface area contributed by atoms with Crippen molar-refractivity contribution in [3.05, 3.63) is 70.7 Å². The quantitative estimate of drug-likeness (QED) is 0.449. The van der Waals surface area contributed by atoms with Crippen LogP contribution >= 0.6 is 0 Å². The van der Waals surface area contributed by atoms with E-state index in [1.807, 2.05) is 18.7 Å². The van der Waals surface area contributed by atoms with Crippen molar-refractivity contribution < 1.29 is 18.8 Å². The van der Waals surface area contributed by atoms with Gasteiger partial charge in [-0.05, 0) is 56.7 Å². The number of H-pyrrole nitrogens is 1. The van der Waals surface area contributed by atoms with E-state index >= 15 is 0 Å². The molecule has 0 radical (unpaired) electrons. The van der Waals surface area contributed by atoms with E-state index in [1.54, 1.807) is 30.3 Å². The highest BCUT2D eigenvalue weighted by Crippen LogP contribution is 2.28. The largest absolute Gasteiger partial charge is 0.358 e. The van der Waals surface area contributed by atoms with Crippen LogP contribution in [0.1, 0.15) is 45.8 Å². The van der Waals surface area contributed by atoms with Crippen molar-refractivity contribution in [3.63, 3.8) is 0 Å². The molecule has 35 heavy (non-hydrogen) atoms. The number of fused-ring (bicyclic) bond motifs is 1. The number of rotatable bonds is 5. The first kappa shape index (κ1) is 24.6. The van der Waals surface area contributed by atoms with E-state index in [0.717, 1.165) is 16.8 Å². The third-order valence-electron chi connectivity index (χ3n) is 6.74. The Morgan fingerprint density at radius 3 is 2.37 bits per heavy atom. The smallest absolute Gasteiger partial charge is 0.294 e. The van der Waals surface area contributed by atoms with Crippen LogP contribution in [-0.4, -0.2) is 76.5 Å². The Hall–Kier alpha value is -3.52.